The third-order valence-corrected chi connectivity index (χ3v) is 11.4. The van der Waals surface area contributed by atoms with Crippen molar-refractivity contribution in [1.29, 1.82) is 0 Å². The summed E-state index contributed by atoms with van der Waals surface area (Å²) in [6.45, 7) is 25.4. The number of aliphatic carboxylic acids is 1. The van der Waals surface area contributed by atoms with E-state index in [-0.39, 0.29) is 90.1 Å². The lowest BCUT2D eigenvalue weighted by molar-refractivity contribution is -0.138. The Bertz CT molecular complexity index is 1770. The van der Waals surface area contributed by atoms with E-state index in [0.717, 1.165) is 49.1 Å². The van der Waals surface area contributed by atoms with E-state index < -0.39 is 18.1 Å². The van der Waals surface area contributed by atoms with Gasteiger partial charge >= 0.3 is 5.97 Å². The number of hydrogen-bond donors (Lipinski definition) is 9. The van der Waals surface area contributed by atoms with Crippen molar-refractivity contribution in [2.75, 3.05) is 18.6 Å². The molecule has 1 aliphatic heterocycles. The van der Waals surface area contributed by atoms with Crippen molar-refractivity contribution in [3.8, 4) is 0 Å². The van der Waals surface area contributed by atoms with Gasteiger partial charge in [-0.25, -0.2) is 0 Å². The second-order valence-electron chi connectivity index (χ2n) is 18.5. The van der Waals surface area contributed by atoms with Gasteiger partial charge in [-0.1, -0.05) is 116 Å². The van der Waals surface area contributed by atoms with Gasteiger partial charge in [0.1, 0.15) is 40.7 Å². The zero-order valence-corrected chi connectivity index (χ0v) is 47.3. The van der Waals surface area contributed by atoms with Crippen LogP contribution in [0.5, 0.6) is 0 Å². The molecule has 18 heteroatoms. The SMILES string of the molecule is C.CC(=O)C(C)N.CC(=O)C(N)C(C)C.CC(=O)C(N)CC(C)C.CC(=O)C(N)Cc1ccccc1.CC(=O)C(N)c1ccccc1.CC(=O)C1CCCN1.CCC(C)C(N)C(C)=O.CSCCC(N)C(=O)O. The number of rotatable bonds is 19. The molecule has 1 fully saturated rings. The van der Waals surface area contributed by atoms with Crippen LogP contribution in [0.15, 0.2) is 60.7 Å². The molecule has 0 saturated carbocycles. The molecule has 0 aliphatic carbocycles. The van der Waals surface area contributed by atoms with E-state index >= 15 is 0 Å². The molecule has 422 valence electrons. The first-order valence-corrected chi connectivity index (χ1v) is 26.0. The zero-order chi connectivity index (χ0) is 57.3. The van der Waals surface area contributed by atoms with Crippen LogP contribution < -0.4 is 45.5 Å². The van der Waals surface area contributed by atoms with Crippen LogP contribution in [-0.2, 0) is 44.8 Å². The van der Waals surface area contributed by atoms with Crippen LogP contribution in [0.1, 0.15) is 154 Å². The molecule has 0 spiro atoms. The number of carbonyl (C=O) groups excluding carboxylic acids is 7. The monoisotopic (exact) mass is 1050 g/mol. The summed E-state index contributed by atoms with van der Waals surface area (Å²) in [4.78, 5) is 83.9. The molecule has 2 aromatic carbocycles. The minimum Gasteiger partial charge on any atom is -0.480 e. The fourth-order valence-electron chi connectivity index (χ4n) is 5.10. The predicted molar refractivity (Wildman–Crippen MR) is 304 cm³/mol. The van der Waals surface area contributed by atoms with Crippen LogP contribution in [0.3, 0.4) is 0 Å². The largest absolute Gasteiger partial charge is 0.480 e. The Morgan fingerprint density at radius 2 is 1.07 bits per heavy atom. The van der Waals surface area contributed by atoms with E-state index in [9.17, 15) is 38.4 Å². The molecule has 0 aromatic heterocycles. The van der Waals surface area contributed by atoms with Crippen LogP contribution >= 0.6 is 11.8 Å². The van der Waals surface area contributed by atoms with Crippen LogP contribution in [0.25, 0.3) is 0 Å². The van der Waals surface area contributed by atoms with Gasteiger partial charge in [-0.3, -0.25) is 38.4 Å². The van der Waals surface area contributed by atoms with E-state index in [1.54, 1.807) is 25.6 Å². The van der Waals surface area contributed by atoms with Gasteiger partial charge in [-0.2, -0.15) is 11.8 Å². The number of thioether (sulfide) groups is 1. The lowest BCUT2D eigenvalue weighted by atomic mass is 9.97. The Kier molecular flexibility index (Phi) is 53.2. The predicted octanol–water partition coefficient (Wildman–Crippen LogP) is 5.91. The number of benzene rings is 2. The average molecular weight is 1050 g/mol. The Balaban J connectivity index is -0.000000177. The molecule has 0 amide bonds. The minimum atomic E-state index is -0.913. The summed E-state index contributed by atoms with van der Waals surface area (Å²) in [5, 5.41) is 11.4. The van der Waals surface area contributed by atoms with E-state index in [4.69, 9.17) is 45.2 Å². The topological polar surface area (TPSA) is 351 Å². The maximum Gasteiger partial charge on any atom is 0.320 e. The number of ketones is 7. The molecule has 73 heavy (non-hydrogen) atoms. The van der Waals surface area contributed by atoms with Gasteiger partial charge in [-0.05, 0) is 135 Å². The maximum atomic E-state index is 10.8. The van der Waals surface area contributed by atoms with E-state index in [1.807, 2.05) is 94.6 Å². The number of carboxylic acids is 1. The van der Waals surface area contributed by atoms with Crippen molar-refractivity contribution >= 4 is 58.2 Å². The zero-order valence-electron chi connectivity index (χ0n) is 46.4. The first-order chi connectivity index (χ1) is 33.2. The number of carboxylic acid groups (broad SMARTS) is 1. The van der Waals surface area contributed by atoms with Gasteiger partial charge in [0.15, 0.2) is 5.78 Å². The van der Waals surface area contributed by atoms with Crippen molar-refractivity contribution in [1.82, 2.24) is 5.32 Å². The molecule has 0 radical (unpaired) electrons. The molecule has 0 bridgehead atoms. The van der Waals surface area contributed by atoms with Gasteiger partial charge in [0.25, 0.3) is 0 Å². The lowest BCUT2D eigenvalue weighted by Crippen LogP contribution is -2.34. The van der Waals surface area contributed by atoms with Crippen molar-refractivity contribution < 1.29 is 43.5 Å². The van der Waals surface area contributed by atoms with Gasteiger partial charge in [0, 0.05) is 0 Å². The number of carbonyl (C=O) groups is 8. The van der Waals surface area contributed by atoms with E-state index in [2.05, 4.69) is 19.2 Å². The number of Topliss-reactive ketones (excluding diaryl/α,β-unsaturated/α-hetero) is 7. The minimum absolute atomic E-state index is 0. The summed E-state index contributed by atoms with van der Waals surface area (Å²) in [5.74, 6) is 1.61. The van der Waals surface area contributed by atoms with Crippen molar-refractivity contribution in [3.05, 3.63) is 71.8 Å². The molecule has 9 unspecified atom stereocenters. The second-order valence-corrected chi connectivity index (χ2v) is 19.5. The molecular weight excluding hydrogens is 949 g/mol. The highest BCUT2D eigenvalue weighted by Gasteiger charge is 2.17. The third-order valence-electron chi connectivity index (χ3n) is 10.7. The molecule has 2 aromatic rings. The summed E-state index contributed by atoms with van der Waals surface area (Å²) in [6, 6.07) is 16.8. The van der Waals surface area contributed by atoms with Gasteiger partial charge in [0.05, 0.1) is 42.3 Å². The molecule has 1 saturated heterocycles. The molecule has 3 rings (SSSR count). The molecule has 16 N–H and O–H groups in total. The standard InChI is InChI=1S/C10H13NO.C9H11NO.2C7H15NO.C6H11NO.C6H13NO.C5H11NO2S.C4H9NO.CH4/c1-8(12)10(11)7-9-5-3-2-4-6-9;1-7(11)9(10)8-5-3-2-4-6-8;1-5(2)4-7(8)6(3)9;1-4-5(2)7(8)6(3)9;1-5(8)6-3-2-4-7-6;1-4(2)6(7)5(3)8;1-9-3-2-4(6)5(7)8;1-3(5)4(2)6;/h2-6,10H,7,11H2,1H3;2-6,9H,10H2,1H3;2*5,7H,4,8H2,1-3H3;6-7H,2-4H2,1H3;4,6H,7H2,1-3H3;4H,2-3,6H2,1H3,(H,7,8);3H,5H2,1-2H3;1H4. The lowest BCUT2D eigenvalue weighted by Gasteiger charge is -2.13. The fraction of sp³-hybridized carbons (Fsp3) is 0.636. The van der Waals surface area contributed by atoms with Crippen molar-refractivity contribution in [2.24, 2.45) is 57.9 Å². The van der Waals surface area contributed by atoms with Gasteiger partial charge in [0.2, 0.25) is 0 Å². The highest BCUT2D eigenvalue weighted by molar-refractivity contribution is 7.98. The van der Waals surface area contributed by atoms with Crippen molar-refractivity contribution in [3.63, 3.8) is 0 Å². The molecule has 1 aliphatic rings. The van der Waals surface area contributed by atoms with Gasteiger partial charge < -0.3 is 50.6 Å². The summed E-state index contributed by atoms with van der Waals surface area (Å²) >= 11 is 1.60. The molecular formula is C55H102N8O9S. The highest BCUT2D eigenvalue weighted by Crippen LogP contribution is 2.10. The summed E-state index contributed by atoms with van der Waals surface area (Å²) in [6.07, 6.45) is 7.08. The maximum absolute atomic E-state index is 10.8. The Morgan fingerprint density at radius 1 is 0.630 bits per heavy atom. The fourth-order valence-corrected chi connectivity index (χ4v) is 5.59. The summed E-state index contributed by atoms with van der Waals surface area (Å²) < 4.78 is 0. The molecule has 9 atom stereocenters. The molecule has 17 nitrogen and oxygen atoms in total. The van der Waals surface area contributed by atoms with E-state index in [1.165, 1.54) is 41.5 Å². The first-order valence-electron chi connectivity index (χ1n) is 24.6. The van der Waals surface area contributed by atoms with Crippen LogP contribution in [0, 0.1) is 17.8 Å². The van der Waals surface area contributed by atoms with E-state index in [0.29, 0.717) is 24.7 Å². The Labute approximate surface area is 444 Å². The first kappa shape index (κ1) is 80.0. The normalized spacial score (nSPS) is 15.2. The average Bonchev–Trinajstić information content (AvgIpc) is 3.87. The number of nitrogens with two attached hydrogens (primary N) is 7. The summed E-state index contributed by atoms with van der Waals surface area (Å²) in [7, 11) is 0. The smallest absolute Gasteiger partial charge is 0.320 e. The van der Waals surface area contributed by atoms with Gasteiger partial charge in [-0.15, -0.1) is 0 Å². The van der Waals surface area contributed by atoms with Crippen LogP contribution in [0.4, 0.5) is 0 Å². The van der Waals surface area contributed by atoms with Crippen LogP contribution in [-0.4, -0.2) is 112 Å². The van der Waals surface area contributed by atoms with Crippen molar-refractivity contribution in [2.45, 2.75) is 191 Å². The highest BCUT2D eigenvalue weighted by atomic mass is 32.2. The van der Waals surface area contributed by atoms with Crippen LogP contribution in [0.2, 0.25) is 0 Å². The number of hydrogen-bond acceptors (Lipinski definition) is 17. The molecule has 1 heterocycles. The second kappa shape index (κ2) is 48.6. The quantitative estimate of drug-likeness (QED) is 0.0789. The Hall–Kier alpha value is -4.37. The summed E-state index contributed by atoms with van der Waals surface area (Å²) in [5.41, 5.74) is 39.8. The number of nitrogens with one attached hydrogen (secondary N) is 1. The third kappa shape index (κ3) is 49.6. The Morgan fingerprint density at radius 3 is 1.30 bits per heavy atom.